The van der Waals surface area contributed by atoms with E-state index in [-0.39, 0.29) is 0 Å². The van der Waals surface area contributed by atoms with Gasteiger partial charge in [-0.15, -0.1) is 0 Å². The van der Waals surface area contributed by atoms with Crippen LogP contribution in [0.3, 0.4) is 0 Å². The van der Waals surface area contributed by atoms with E-state index < -0.39 is 0 Å². The standard InChI is InChI=1S/C18H16ClNO/c1-20-12-15-10-16(19)7-9-18(15)21-17-8-6-13-4-2-3-5-14(13)11-17/h2-11,20H,12H2,1H3. The zero-order chi connectivity index (χ0) is 14.7. The second-order valence-corrected chi connectivity index (χ2v) is 5.33. The first kappa shape index (κ1) is 13.9. The highest BCUT2D eigenvalue weighted by Crippen LogP contribution is 2.29. The van der Waals surface area contributed by atoms with Crippen molar-refractivity contribution in [3.63, 3.8) is 0 Å². The third-order valence-corrected chi connectivity index (χ3v) is 3.57. The van der Waals surface area contributed by atoms with Crippen LogP contribution in [0, 0.1) is 0 Å². The van der Waals surface area contributed by atoms with Gasteiger partial charge in [0.2, 0.25) is 0 Å². The van der Waals surface area contributed by atoms with Crippen molar-refractivity contribution < 1.29 is 4.74 Å². The number of hydrogen-bond donors (Lipinski definition) is 1. The Hall–Kier alpha value is -2.03. The molecule has 1 N–H and O–H groups in total. The highest BCUT2D eigenvalue weighted by molar-refractivity contribution is 6.30. The zero-order valence-corrected chi connectivity index (χ0v) is 12.5. The normalized spacial score (nSPS) is 10.8. The molecule has 0 aliphatic rings. The van der Waals surface area contributed by atoms with Gasteiger partial charge in [0.1, 0.15) is 11.5 Å². The van der Waals surface area contributed by atoms with Crippen molar-refractivity contribution >= 4 is 22.4 Å². The second-order valence-electron chi connectivity index (χ2n) is 4.89. The van der Waals surface area contributed by atoms with Crippen molar-refractivity contribution in [1.82, 2.24) is 5.32 Å². The molecule has 21 heavy (non-hydrogen) atoms. The summed E-state index contributed by atoms with van der Waals surface area (Å²) in [4.78, 5) is 0. The Kier molecular flexibility index (Phi) is 4.09. The number of ether oxygens (including phenoxy) is 1. The van der Waals surface area contributed by atoms with Gasteiger partial charge in [0.15, 0.2) is 0 Å². The van der Waals surface area contributed by atoms with Crippen molar-refractivity contribution in [2.75, 3.05) is 7.05 Å². The van der Waals surface area contributed by atoms with Crippen LogP contribution in [-0.4, -0.2) is 7.05 Å². The minimum absolute atomic E-state index is 0.712. The van der Waals surface area contributed by atoms with Crippen LogP contribution in [0.5, 0.6) is 11.5 Å². The molecular weight excluding hydrogens is 282 g/mol. The van der Waals surface area contributed by atoms with E-state index in [1.54, 1.807) is 0 Å². The van der Waals surface area contributed by atoms with E-state index in [2.05, 4.69) is 23.5 Å². The molecule has 0 aromatic heterocycles. The van der Waals surface area contributed by atoms with Gasteiger partial charge >= 0.3 is 0 Å². The molecule has 3 aromatic rings. The lowest BCUT2D eigenvalue weighted by molar-refractivity contribution is 0.475. The number of hydrogen-bond acceptors (Lipinski definition) is 2. The maximum atomic E-state index is 6.05. The molecule has 0 amide bonds. The molecule has 0 spiro atoms. The Morgan fingerprint density at radius 3 is 2.57 bits per heavy atom. The number of rotatable bonds is 4. The SMILES string of the molecule is CNCc1cc(Cl)ccc1Oc1ccc2ccccc2c1. The van der Waals surface area contributed by atoms with E-state index >= 15 is 0 Å². The Labute approximate surface area is 129 Å². The van der Waals surface area contributed by atoms with E-state index in [1.807, 2.05) is 49.5 Å². The van der Waals surface area contributed by atoms with Crippen molar-refractivity contribution in [2.45, 2.75) is 6.54 Å². The van der Waals surface area contributed by atoms with Gasteiger partial charge < -0.3 is 10.1 Å². The average molecular weight is 298 g/mol. The smallest absolute Gasteiger partial charge is 0.132 e. The first-order valence-corrected chi connectivity index (χ1v) is 7.24. The molecule has 0 aliphatic carbocycles. The molecule has 0 radical (unpaired) electrons. The second kappa shape index (κ2) is 6.17. The van der Waals surface area contributed by atoms with Gasteiger partial charge in [-0.3, -0.25) is 0 Å². The highest BCUT2D eigenvalue weighted by Gasteiger charge is 2.06. The van der Waals surface area contributed by atoms with Crippen molar-refractivity contribution in [1.29, 1.82) is 0 Å². The third-order valence-electron chi connectivity index (χ3n) is 3.34. The first-order chi connectivity index (χ1) is 10.3. The van der Waals surface area contributed by atoms with Gasteiger partial charge in [0.05, 0.1) is 0 Å². The van der Waals surface area contributed by atoms with E-state index in [0.717, 1.165) is 17.1 Å². The lowest BCUT2D eigenvalue weighted by Crippen LogP contribution is -2.06. The number of benzene rings is 3. The summed E-state index contributed by atoms with van der Waals surface area (Å²) >= 11 is 6.05. The molecule has 0 saturated carbocycles. The molecule has 2 nitrogen and oxygen atoms in total. The van der Waals surface area contributed by atoms with E-state index in [1.165, 1.54) is 10.8 Å². The Morgan fingerprint density at radius 2 is 1.76 bits per heavy atom. The van der Waals surface area contributed by atoms with Crippen LogP contribution >= 0.6 is 11.6 Å². The molecular formula is C18H16ClNO. The number of halogens is 1. The van der Waals surface area contributed by atoms with Crippen LogP contribution in [-0.2, 0) is 6.54 Å². The van der Waals surface area contributed by atoms with Gasteiger partial charge in [0.25, 0.3) is 0 Å². The molecule has 106 valence electrons. The quantitative estimate of drug-likeness (QED) is 0.731. The molecule has 0 saturated heterocycles. The predicted molar refractivity (Wildman–Crippen MR) is 88.2 cm³/mol. The summed E-state index contributed by atoms with van der Waals surface area (Å²) in [5.74, 6) is 1.65. The van der Waals surface area contributed by atoms with Crippen LogP contribution in [0.15, 0.2) is 60.7 Å². The molecule has 3 aromatic carbocycles. The largest absolute Gasteiger partial charge is 0.457 e. The van der Waals surface area contributed by atoms with Gasteiger partial charge in [0, 0.05) is 17.1 Å². The lowest BCUT2D eigenvalue weighted by Gasteiger charge is -2.12. The van der Waals surface area contributed by atoms with Crippen molar-refractivity contribution in [3.05, 3.63) is 71.2 Å². The highest BCUT2D eigenvalue weighted by atomic mass is 35.5. The Bertz CT molecular complexity index is 770. The summed E-state index contributed by atoms with van der Waals surface area (Å²) in [7, 11) is 1.90. The monoisotopic (exact) mass is 297 g/mol. The van der Waals surface area contributed by atoms with Gasteiger partial charge in [-0.2, -0.15) is 0 Å². The molecule has 0 fully saturated rings. The number of nitrogens with one attached hydrogen (secondary N) is 1. The van der Waals surface area contributed by atoms with Crippen LogP contribution in [0.1, 0.15) is 5.56 Å². The molecule has 0 heterocycles. The van der Waals surface area contributed by atoms with Crippen molar-refractivity contribution in [3.8, 4) is 11.5 Å². The maximum absolute atomic E-state index is 6.05. The van der Waals surface area contributed by atoms with Gasteiger partial charge in [-0.1, -0.05) is 41.9 Å². The molecule has 3 rings (SSSR count). The van der Waals surface area contributed by atoms with E-state index in [0.29, 0.717) is 11.6 Å². The van der Waals surface area contributed by atoms with E-state index in [4.69, 9.17) is 16.3 Å². The average Bonchev–Trinajstić information content (AvgIpc) is 2.50. The summed E-state index contributed by atoms with van der Waals surface area (Å²) in [5.41, 5.74) is 1.04. The molecule has 0 aliphatic heterocycles. The van der Waals surface area contributed by atoms with Crippen LogP contribution in [0.2, 0.25) is 5.02 Å². The summed E-state index contributed by atoms with van der Waals surface area (Å²) in [6.07, 6.45) is 0. The van der Waals surface area contributed by atoms with Crippen molar-refractivity contribution in [2.24, 2.45) is 0 Å². The van der Waals surface area contributed by atoms with Crippen LogP contribution in [0.25, 0.3) is 10.8 Å². The fourth-order valence-electron chi connectivity index (χ4n) is 2.33. The topological polar surface area (TPSA) is 21.3 Å². The lowest BCUT2D eigenvalue weighted by atomic mass is 10.1. The Balaban J connectivity index is 1.94. The summed E-state index contributed by atoms with van der Waals surface area (Å²) < 4.78 is 6.03. The minimum Gasteiger partial charge on any atom is -0.457 e. The third kappa shape index (κ3) is 3.18. The fourth-order valence-corrected chi connectivity index (χ4v) is 2.53. The molecule has 0 bridgehead atoms. The molecule has 0 atom stereocenters. The van der Waals surface area contributed by atoms with Gasteiger partial charge in [-0.05, 0) is 48.2 Å². The minimum atomic E-state index is 0.712. The zero-order valence-electron chi connectivity index (χ0n) is 11.8. The predicted octanol–water partition coefficient (Wildman–Crippen LogP) is 5.00. The Morgan fingerprint density at radius 1 is 0.952 bits per heavy atom. The summed E-state index contributed by atoms with van der Waals surface area (Å²) in [6.45, 7) is 0.712. The van der Waals surface area contributed by atoms with Gasteiger partial charge in [-0.25, -0.2) is 0 Å². The molecule has 3 heteroatoms. The summed E-state index contributed by atoms with van der Waals surface area (Å²) in [6, 6.07) is 20.0. The number of fused-ring (bicyclic) bond motifs is 1. The fraction of sp³-hybridized carbons (Fsp3) is 0.111. The first-order valence-electron chi connectivity index (χ1n) is 6.86. The molecule has 0 unspecified atom stereocenters. The van der Waals surface area contributed by atoms with Crippen LogP contribution in [0.4, 0.5) is 0 Å². The summed E-state index contributed by atoms with van der Waals surface area (Å²) in [5, 5.41) is 6.21. The maximum Gasteiger partial charge on any atom is 0.132 e. The van der Waals surface area contributed by atoms with E-state index in [9.17, 15) is 0 Å². The van der Waals surface area contributed by atoms with Crippen LogP contribution < -0.4 is 10.1 Å².